The standard InChI is InChI=1S/C34H34NO3P/c1-3-32(28-17-8-4-9-18-28)27(2)33(36)39(37)35(25-16-26-38-39)34(29-19-10-5-11-20-29,30-21-12-6-13-22-30)31-23-14-7-15-24-31/h3-15,17-24,27,32H,1,16,25-26H2,2H3/t27-,32-,39-/m1/s1. The minimum absolute atomic E-state index is 0.269. The van der Waals surface area contributed by atoms with Crippen LogP contribution in [0.3, 0.4) is 0 Å². The Bertz CT molecular complexity index is 1340. The topological polar surface area (TPSA) is 46.6 Å². The summed E-state index contributed by atoms with van der Waals surface area (Å²) in [7, 11) is -4.03. The number of carbonyl (C=O) groups excluding carboxylic acids is 1. The SMILES string of the molecule is C=C[C@@H](c1ccccc1)[C@@H](C)C(=O)[P@@]1(=O)OCCCN1C(c1ccccc1)(c1ccccc1)c1ccccc1. The molecule has 1 fully saturated rings. The molecule has 0 amide bonds. The zero-order chi connectivity index (χ0) is 27.3. The minimum Gasteiger partial charge on any atom is -0.312 e. The lowest BCUT2D eigenvalue weighted by molar-refractivity contribution is -0.117. The molecule has 5 heteroatoms. The van der Waals surface area contributed by atoms with Gasteiger partial charge in [0.2, 0.25) is 5.52 Å². The number of allylic oxidation sites excluding steroid dienone is 1. The Morgan fingerprint density at radius 1 is 0.821 bits per heavy atom. The zero-order valence-corrected chi connectivity index (χ0v) is 23.1. The molecule has 4 aromatic rings. The van der Waals surface area contributed by atoms with Gasteiger partial charge in [-0.2, -0.15) is 0 Å². The molecule has 1 heterocycles. The second kappa shape index (κ2) is 11.7. The first-order chi connectivity index (χ1) is 19.0. The summed E-state index contributed by atoms with van der Waals surface area (Å²) in [6, 6.07) is 39.9. The average Bonchev–Trinajstić information content (AvgIpc) is 3.00. The fourth-order valence-electron chi connectivity index (χ4n) is 5.85. The van der Waals surface area contributed by atoms with Crippen LogP contribution >= 0.6 is 7.52 Å². The molecule has 0 spiro atoms. The van der Waals surface area contributed by atoms with Gasteiger partial charge in [0.25, 0.3) is 0 Å². The van der Waals surface area contributed by atoms with Gasteiger partial charge in [-0.3, -0.25) is 9.36 Å². The van der Waals surface area contributed by atoms with Gasteiger partial charge in [0.15, 0.2) is 0 Å². The van der Waals surface area contributed by atoms with Crippen LogP contribution in [0.1, 0.15) is 41.5 Å². The van der Waals surface area contributed by atoms with Crippen LogP contribution in [0.25, 0.3) is 0 Å². The molecule has 198 valence electrons. The van der Waals surface area contributed by atoms with Crippen molar-refractivity contribution >= 4 is 13.0 Å². The number of hydrogen-bond donors (Lipinski definition) is 0. The van der Waals surface area contributed by atoms with Crippen LogP contribution in [-0.2, 0) is 19.4 Å². The normalized spacial score (nSPS) is 19.6. The predicted octanol–water partition coefficient (Wildman–Crippen LogP) is 8.03. The molecule has 4 nitrogen and oxygen atoms in total. The third-order valence-electron chi connectivity index (χ3n) is 7.71. The predicted molar refractivity (Wildman–Crippen MR) is 158 cm³/mol. The quantitative estimate of drug-likeness (QED) is 0.124. The van der Waals surface area contributed by atoms with Gasteiger partial charge in [0.05, 0.1) is 6.61 Å². The number of carbonyl (C=O) groups is 1. The highest BCUT2D eigenvalue weighted by Crippen LogP contribution is 2.64. The second-order valence-electron chi connectivity index (χ2n) is 9.94. The molecule has 0 aliphatic carbocycles. The average molecular weight is 536 g/mol. The van der Waals surface area contributed by atoms with E-state index in [9.17, 15) is 4.79 Å². The van der Waals surface area contributed by atoms with E-state index < -0.39 is 19.0 Å². The van der Waals surface area contributed by atoms with Crippen LogP contribution in [0.2, 0.25) is 0 Å². The van der Waals surface area contributed by atoms with Crippen LogP contribution in [0, 0.1) is 5.92 Å². The van der Waals surface area contributed by atoms with E-state index in [1.54, 1.807) is 6.08 Å². The van der Waals surface area contributed by atoms with E-state index in [-0.39, 0.29) is 18.0 Å². The van der Waals surface area contributed by atoms with Gasteiger partial charge < -0.3 is 4.52 Å². The van der Waals surface area contributed by atoms with E-state index in [1.807, 2.05) is 133 Å². The minimum atomic E-state index is -4.03. The fraction of sp³-hybridized carbons (Fsp3) is 0.206. The Hall–Kier alpha value is -3.56. The first-order valence-corrected chi connectivity index (χ1v) is 15.0. The van der Waals surface area contributed by atoms with Crippen LogP contribution in [0.4, 0.5) is 0 Å². The number of rotatable bonds is 9. The summed E-state index contributed by atoms with van der Waals surface area (Å²) >= 11 is 0. The van der Waals surface area contributed by atoms with E-state index >= 15 is 4.57 Å². The highest BCUT2D eigenvalue weighted by atomic mass is 31.2. The lowest BCUT2D eigenvalue weighted by Crippen LogP contribution is -2.50. The van der Waals surface area contributed by atoms with Gasteiger partial charge >= 0.3 is 7.52 Å². The van der Waals surface area contributed by atoms with Gasteiger partial charge in [0, 0.05) is 18.4 Å². The van der Waals surface area contributed by atoms with Crippen molar-refractivity contribution in [2.45, 2.75) is 24.8 Å². The molecule has 3 atom stereocenters. The molecule has 0 bridgehead atoms. The third kappa shape index (κ3) is 4.85. The maximum atomic E-state index is 15.2. The Morgan fingerprint density at radius 3 is 1.69 bits per heavy atom. The van der Waals surface area contributed by atoms with Crippen molar-refractivity contribution in [3.63, 3.8) is 0 Å². The maximum Gasteiger partial charge on any atom is 0.339 e. The second-order valence-corrected chi connectivity index (χ2v) is 12.2. The molecule has 1 aliphatic rings. The van der Waals surface area contributed by atoms with Gasteiger partial charge in [-0.1, -0.05) is 134 Å². The molecule has 0 radical (unpaired) electrons. The Balaban J connectivity index is 1.73. The Kier molecular flexibility index (Phi) is 8.09. The first-order valence-electron chi connectivity index (χ1n) is 13.4. The van der Waals surface area contributed by atoms with E-state index in [4.69, 9.17) is 4.52 Å². The molecule has 1 saturated heterocycles. The molecule has 4 aromatic carbocycles. The summed E-state index contributed by atoms with van der Waals surface area (Å²) in [5.41, 5.74) is 2.35. The van der Waals surface area contributed by atoms with Crippen molar-refractivity contribution in [1.82, 2.24) is 4.67 Å². The van der Waals surface area contributed by atoms with Crippen molar-refractivity contribution in [2.75, 3.05) is 13.2 Å². The van der Waals surface area contributed by atoms with Gasteiger partial charge in [-0.15, -0.1) is 6.58 Å². The molecule has 0 unspecified atom stereocenters. The lowest BCUT2D eigenvalue weighted by Gasteiger charge is -2.49. The summed E-state index contributed by atoms with van der Waals surface area (Å²) in [5.74, 6) is -0.896. The maximum absolute atomic E-state index is 15.2. The van der Waals surface area contributed by atoms with E-state index in [0.717, 1.165) is 22.3 Å². The number of hydrogen-bond acceptors (Lipinski definition) is 3. The summed E-state index contributed by atoms with van der Waals surface area (Å²) < 4.78 is 23.3. The Labute approximate surface area is 231 Å². The number of benzene rings is 4. The summed E-state index contributed by atoms with van der Waals surface area (Å²) in [6.07, 6.45) is 2.43. The summed E-state index contributed by atoms with van der Waals surface area (Å²) in [6.45, 7) is 6.57. The monoisotopic (exact) mass is 535 g/mol. The van der Waals surface area contributed by atoms with E-state index in [1.165, 1.54) is 0 Å². The highest BCUT2D eigenvalue weighted by molar-refractivity contribution is 7.74. The molecule has 0 aromatic heterocycles. The molecular formula is C34H34NO3P. The van der Waals surface area contributed by atoms with Crippen LogP contribution < -0.4 is 0 Å². The van der Waals surface area contributed by atoms with Gasteiger partial charge in [-0.05, 0) is 28.7 Å². The van der Waals surface area contributed by atoms with Gasteiger partial charge in [-0.25, -0.2) is 4.67 Å². The van der Waals surface area contributed by atoms with Crippen LogP contribution in [-0.4, -0.2) is 23.3 Å². The molecule has 39 heavy (non-hydrogen) atoms. The summed E-state index contributed by atoms with van der Waals surface area (Å²) in [5, 5.41) is 0. The molecule has 5 rings (SSSR count). The van der Waals surface area contributed by atoms with Crippen molar-refractivity contribution in [3.05, 3.63) is 156 Å². The van der Waals surface area contributed by atoms with E-state index in [0.29, 0.717) is 13.0 Å². The van der Waals surface area contributed by atoms with Crippen molar-refractivity contribution < 1.29 is 13.9 Å². The van der Waals surface area contributed by atoms with Crippen molar-refractivity contribution in [2.24, 2.45) is 5.92 Å². The van der Waals surface area contributed by atoms with Crippen LogP contribution in [0.15, 0.2) is 134 Å². The fourth-order valence-corrected chi connectivity index (χ4v) is 8.55. The van der Waals surface area contributed by atoms with E-state index in [2.05, 4.69) is 6.58 Å². The van der Waals surface area contributed by atoms with Crippen molar-refractivity contribution in [1.29, 1.82) is 0 Å². The highest BCUT2D eigenvalue weighted by Gasteiger charge is 2.56. The molecular weight excluding hydrogens is 501 g/mol. The molecule has 0 N–H and O–H groups in total. The first kappa shape index (κ1) is 27.0. The smallest absolute Gasteiger partial charge is 0.312 e. The zero-order valence-electron chi connectivity index (χ0n) is 22.2. The number of nitrogens with zero attached hydrogens (tertiary/aromatic N) is 1. The van der Waals surface area contributed by atoms with Gasteiger partial charge in [0.1, 0.15) is 5.54 Å². The van der Waals surface area contributed by atoms with Crippen molar-refractivity contribution in [3.8, 4) is 0 Å². The van der Waals surface area contributed by atoms with Crippen LogP contribution in [0.5, 0.6) is 0 Å². The molecule has 1 aliphatic heterocycles. The molecule has 0 saturated carbocycles. The largest absolute Gasteiger partial charge is 0.339 e. The summed E-state index contributed by atoms with van der Waals surface area (Å²) in [4.78, 5) is 14.5. The third-order valence-corrected chi connectivity index (χ3v) is 10.3. The lowest BCUT2D eigenvalue weighted by atomic mass is 9.77. The Morgan fingerprint density at radius 2 is 1.26 bits per heavy atom.